The van der Waals surface area contributed by atoms with Crippen molar-refractivity contribution < 1.29 is 4.79 Å². The molecule has 0 radical (unpaired) electrons. The van der Waals surface area contributed by atoms with Gasteiger partial charge in [-0.3, -0.25) is 14.8 Å². The van der Waals surface area contributed by atoms with E-state index in [0.29, 0.717) is 17.8 Å². The first kappa shape index (κ1) is 12.0. The Morgan fingerprint density at radius 2 is 2.00 bits per heavy atom. The lowest BCUT2D eigenvalue weighted by molar-refractivity contribution is 0.0951. The van der Waals surface area contributed by atoms with Crippen molar-refractivity contribution >= 4 is 11.6 Å². The highest BCUT2D eigenvalue weighted by Crippen LogP contribution is 2.09. The number of carbonyl (C=O) groups excluding carboxylic acids is 1. The lowest BCUT2D eigenvalue weighted by atomic mass is 10.1. The molecule has 0 bridgehead atoms. The second kappa shape index (κ2) is 5.27. The Labute approximate surface area is 105 Å². The van der Waals surface area contributed by atoms with Gasteiger partial charge < -0.3 is 11.1 Å². The molecule has 0 atom stereocenters. The van der Waals surface area contributed by atoms with Gasteiger partial charge in [0, 0.05) is 37.0 Å². The number of hydrogen-bond acceptors (Lipinski definition) is 4. The average Bonchev–Trinajstić information content (AvgIpc) is 2.38. The Bertz CT molecular complexity index is 568. The molecule has 0 aliphatic heterocycles. The van der Waals surface area contributed by atoms with Crippen molar-refractivity contribution in [3.63, 3.8) is 0 Å². The van der Waals surface area contributed by atoms with Gasteiger partial charge in [0.05, 0.1) is 5.56 Å². The summed E-state index contributed by atoms with van der Waals surface area (Å²) in [5, 5.41) is 2.80. The van der Waals surface area contributed by atoms with Gasteiger partial charge in [0.2, 0.25) is 0 Å². The maximum Gasteiger partial charge on any atom is 0.255 e. The molecule has 0 spiro atoms. The fourth-order valence-electron chi connectivity index (χ4n) is 1.55. The molecule has 5 heteroatoms. The molecule has 2 rings (SSSR count). The average molecular weight is 242 g/mol. The van der Waals surface area contributed by atoms with Crippen LogP contribution in [-0.4, -0.2) is 15.9 Å². The molecule has 92 valence electrons. The summed E-state index contributed by atoms with van der Waals surface area (Å²) in [5.74, 6) is -0.233. The Hall–Kier alpha value is -2.43. The van der Waals surface area contributed by atoms with Crippen molar-refractivity contribution in [3.8, 4) is 0 Å². The Morgan fingerprint density at radius 1 is 1.28 bits per heavy atom. The first-order chi connectivity index (χ1) is 8.68. The molecule has 2 aromatic heterocycles. The molecule has 0 unspecified atom stereocenters. The van der Waals surface area contributed by atoms with E-state index in [0.717, 1.165) is 11.1 Å². The molecule has 0 saturated carbocycles. The van der Waals surface area contributed by atoms with Gasteiger partial charge in [0.25, 0.3) is 5.91 Å². The molecule has 1 amide bonds. The summed E-state index contributed by atoms with van der Waals surface area (Å²) < 4.78 is 0. The van der Waals surface area contributed by atoms with Crippen molar-refractivity contribution in [2.24, 2.45) is 0 Å². The molecule has 0 aliphatic rings. The van der Waals surface area contributed by atoms with E-state index in [1.807, 2.05) is 13.0 Å². The topological polar surface area (TPSA) is 80.9 Å². The van der Waals surface area contributed by atoms with E-state index in [2.05, 4.69) is 15.3 Å². The molecular weight excluding hydrogens is 228 g/mol. The first-order valence-electron chi connectivity index (χ1n) is 5.55. The molecular formula is C13H14N4O. The number of carbonyl (C=O) groups is 1. The maximum atomic E-state index is 11.9. The third kappa shape index (κ3) is 2.63. The number of pyridine rings is 2. The SMILES string of the molecule is Cc1ccncc1CNC(=O)c1cnccc1N. The number of nitrogen functional groups attached to an aromatic ring is 1. The second-order valence-electron chi connectivity index (χ2n) is 3.95. The Kier molecular flexibility index (Phi) is 3.52. The number of nitrogens with zero attached hydrogens (tertiary/aromatic N) is 2. The van der Waals surface area contributed by atoms with Crippen LogP contribution in [0.5, 0.6) is 0 Å². The zero-order valence-electron chi connectivity index (χ0n) is 10.1. The Balaban J connectivity index is 2.06. The lowest BCUT2D eigenvalue weighted by Gasteiger charge is -2.08. The molecule has 2 aromatic rings. The van der Waals surface area contributed by atoms with Gasteiger partial charge in [0.1, 0.15) is 0 Å². The Morgan fingerprint density at radius 3 is 2.72 bits per heavy atom. The summed E-state index contributed by atoms with van der Waals surface area (Å²) in [7, 11) is 0. The molecule has 3 N–H and O–H groups in total. The standard InChI is InChI=1S/C13H14N4O/c1-9-2-4-15-6-10(9)7-17-13(18)11-8-16-5-3-12(11)14/h2-6,8H,7H2,1H3,(H2,14,16)(H,17,18). The van der Waals surface area contributed by atoms with Crippen LogP contribution in [0.4, 0.5) is 5.69 Å². The van der Waals surface area contributed by atoms with Gasteiger partial charge >= 0.3 is 0 Å². The zero-order valence-corrected chi connectivity index (χ0v) is 10.1. The molecule has 18 heavy (non-hydrogen) atoms. The minimum Gasteiger partial charge on any atom is -0.398 e. The molecule has 0 fully saturated rings. The predicted octanol–water partition coefficient (Wildman–Crippen LogP) is 1.30. The maximum absolute atomic E-state index is 11.9. The van der Waals surface area contributed by atoms with Crippen LogP contribution in [0.1, 0.15) is 21.5 Å². The number of amides is 1. The molecule has 2 heterocycles. The monoisotopic (exact) mass is 242 g/mol. The van der Waals surface area contributed by atoms with Gasteiger partial charge in [0.15, 0.2) is 0 Å². The minimum absolute atomic E-state index is 0.233. The van der Waals surface area contributed by atoms with E-state index in [1.165, 1.54) is 6.20 Å². The van der Waals surface area contributed by atoms with E-state index in [1.54, 1.807) is 24.7 Å². The first-order valence-corrected chi connectivity index (χ1v) is 5.55. The molecule has 0 saturated heterocycles. The number of hydrogen-bond donors (Lipinski definition) is 2. The van der Waals surface area contributed by atoms with E-state index in [9.17, 15) is 4.79 Å². The van der Waals surface area contributed by atoms with Gasteiger partial charge in [-0.25, -0.2) is 0 Å². The van der Waals surface area contributed by atoms with Gasteiger partial charge in [-0.2, -0.15) is 0 Å². The number of aryl methyl sites for hydroxylation is 1. The van der Waals surface area contributed by atoms with Crippen molar-refractivity contribution in [3.05, 3.63) is 53.6 Å². The highest BCUT2D eigenvalue weighted by Gasteiger charge is 2.09. The van der Waals surface area contributed by atoms with Crippen LogP contribution >= 0.6 is 0 Å². The summed E-state index contributed by atoms with van der Waals surface area (Å²) >= 11 is 0. The van der Waals surface area contributed by atoms with Crippen LogP contribution in [0.15, 0.2) is 36.9 Å². The van der Waals surface area contributed by atoms with Crippen molar-refractivity contribution in [2.75, 3.05) is 5.73 Å². The highest BCUT2D eigenvalue weighted by molar-refractivity contribution is 5.98. The van der Waals surface area contributed by atoms with Crippen molar-refractivity contribution in [2.45, 2.75) is 13.5 Å². The number of nitrogens with two attached hydrogens (primary N) is 1. The van der Waals surface area contributed by atoms with Crippen molar-refractivity contribution in [1.29, 1.82) is 0 Å². The smallest absolute Gasteiger partial charge is 0.255 e. The van der Waals surface area contributed by atoms with Gasteiger partial charge in [-0.1, -0.05) is 0 Å². The van der Waals surface area contributed by atoms with Crippen molar-refractivity contribution in [1.82, 2.24) is 15.3 Å². The summed E-state index contributed by atoms with van der Waals surface area (Å²) in [4.78, 5) is 19.8. The minimum atomic E-state index is -0.233. The van der Waals surface area contributed by atoms with Gasteiger partial charge in [-0.15, -0.1) is 0 Å². The normalized spacial score (nSPS) is 10.1. The van der Waals surface area contributed by atoms with Crippen LogP contribution in [0, 0.1) is 6.92 Å². The number of anilines is 1. The molecule has 5 nitrogen and oxygen atoms in total. The quantitative estimate of drug-likeness (QED) is 0.850. The second-order valence-corrected chi connectivity index (χ2v) is 3.95. The predicted molar refractivity (Wildman–Crippen MR) is 68.8 cm³/mol. The van der Waals surface area contributed by atoms with Crippen LogP contribution in [0.3, 0.4) is 0 Å². The number of aromatic nitrogens is 2. The lowest BCUT2D eigenvalue weighted by Crippen LogP contribution is -2.24. The molecule has 0 aromatic carbocycles. The van der Waals surface area contributed by atoms with E-state index < -0.39 is 0 Å². The summed E-state index contributed by atoms with van der Waals surface area (Å²) in [6.07, 6.45) is 6.47. The largest absolute Gasteiger partial charge is 0.398 e. The summed E-state index contributed by atoms with van der Waals surface area (Å²) in [6, 6.07) is 3.50. The highest BCUT2D eigenvalue weighted by atomic mass is 16.1. The van der Waals surface area contributed by atoms with E-state index in [4.69, 9.17) is 5.73 Å². The molecule has 0 aliphatic carbocycles. The van der Waals surface area contributed by atoms with Crippen LogP contribution < -0.4 is 11.1 Å². The van der Waals surface area contributed by atoms with Crippen LogP contribution in [-0.2, 0) is 6.54 Å². The summed E-state index contributed by atoms with van der Waals surface area (Å²) in [6.45, 7) is 2.40. The van der Waals surface area contributed by atoms with Crippen LogP contribution in [0.2, 0.25) is 0 Å². The fraction of sp³-hybridized carbons (Fsp3) is 0.154. The van der Waals surface area contributed by atoms with E-state index in [-0.39, 0.29) is 5.91 Å². The van der Waals surface area contributed by atoms with Gasteiger partial charge in [-0.05, 0) is 30.2 Å². The van der Waals surface area contributed by atoms with Crippen LogP contribution in [0.25, 0.3) is 0 Å². The van der Waals surface area contributed by atoms with E-state index >= 15 is 0 Å². The zero-order chi connectivity index (χ0) is 13.0. The number of nitrogens with one attached hydrogen (secondary N) is 1. The third-order valence-corrected chi connectivity index (χ3v) is 2.69. The third-order valence-electron chi connectivity index (χ3n) is 2.69. The summed E-state index contributed by atoms with van der Waals surface area (Å²) in [5.41, 5.74) is 8.58. The fourth-order valence-corrected chi connectivity index (χ4v) is 1.55. The number of rotatable bonds is 3.